The van der Waals surface area contributed by atoms with Gasteiger partial charge in [-0.2, -0.15) is 4.31 Å². The van der Waals surface area contributed by atoms with Gasteiger partial charge in [-0.25, -0.2) is 8.42 Å². The van der Waals surface area contributed by atoms with Gasteiger partial charge < -0.3 is 4.90 Å². The van der Waals surface area contributed by atoms with Crippen molar-refractivity contribution in [3.05, 3.63) is 29.3 Å². The summed E-state index contributed by atoms with van der Waals surface area (Å²) in [6.07, 6.45) is 0. The van der Waals surface area contributed by atoms with E-state index < -0.39 is 10.0 Å². The molecule has 0 radical (unpaired) electrons. The van der Waals surface area contributed by atoms with Crippen LogP contribution in [0.5, 0.6) is 0 Å². The normalized spacial score (nSPS) is 18.3. The van der Waals surface area contributed by atoms with Crippen LogP contribution in [0.4, 0.5) is 0 Å². The molecule has 0 N–H and O–H groups in total. The summed E-state index contributed by atoms with van der Waals surface area (Å²) in [6.45, 7) is 12.0. The molecule has 1 fully saturated rings. The first-order valence-electron chi connectivity index (χ1n) is 7.60. The Morgan fingerprint density at radius 2 is 1.71 bits per heavy atom. The third-order valence-electron chi connectivity index (χ3n) is 3.92. The number of piperazine rings is 1. The number of aryl methyl sites for hydroxylation is 2. The van der Waals surface area contributed by atoms with E-state index in [0.717, 1.165) is 30.8 Å². The minimum Gasteiger partial charge on any atom is -0.300 e. The van der Waals surface area contributed by atoms with Gasteiger partial charge in [-0.1, -0.05) is 26.0 Å². The van der Waals surface area contributed by atoms with E-state index in [9.17, 15) is 8.42 Å². The summed E-state index contributed by atoms with van der Waals surface area (Å²) in [5.74, 6) is 0.618. The van der Waals surface area contributed by atoms with Crippen LogP contribution < -0.4 is 0 Å². The Morgan fingerprint density at radius 1 is 1.10 bits per heavy atom. The molecule has 5 heteroatoms. The number of nitrogens with zero attached hydrogens (tertiary/aromatic N) is 2. The Morgan fingerprint density at radius 3 is 2.29 bits per heavy atom. The second-order valence-electron chi connectivity index (χ2n) is 6.37. The summed E-state index contributed by atoms with van der Waals surface area (Å²) >= 11 is 0. The highest BCUT2D eigenvalue weighted by molar-refractivity contribution is 7.89. The molecule has 2 rings (SSSR count). The highest BCUT2D eigenvalue weighted by atomic mass is 32.2. The lowest BCUT2D eigenvalue weighted by Crippen LogP contribution is -2.49. The molecular formula is C16H26N2O2S. The molecule has 1 aliphatic rings. The lowest BCUT2D eigenvalue weighted by Gasteiger charge is -2.35. The molecule has 0 aromatic heterocycles. The van der Waals surface area contributed by atoms with Gasteiger partial charge in [0.05, 0.1) is 4.90 Å². The van der Waals surface area contributed by atoms with Crippen LogP contribution in [-0.2, 0) is 10.0 Å². The lowest BCUT2D eigenvalue weighted by molar-refractivity contribution is 0.172. The predicted octanol–water partition coefficient (Wildman–Crippen LogP) is 2.27. The van der Waals surface area contributed by atoms with Crippen LogP contribution in [0.25, 0.3) is 0 Å². The Hall–Kier alpha value is -0.910. The van der Waals surface area contributed by atoms with Crippen LogP contribution in [0.3, 0.4) is 0 Å². The van der Waals surface area contributed by atoms with E-state index in [1.54, 1.807) is 10.4 Å². The van der Waals surface area contributed by atoms with Crippen LogP contribution in [0.1, 0.15) is 25.0 Å². The molecule has 0 bridgehead atoms. The summed E-state index contributed by atoms with van der Waals surface area (Å²) in [5, 5.41) is 0. The van der Waals surface area contributed by atoms with Crippen LogP contribution in [-0.4, -0.2) is 50.3 Å². The van der Waals surface area contributed by atoms with Crippen molar-refractivity contribution in [2.24, 2.45) is 5.92 Å². The van der Waals surface area contributed by atoms with Gasteiger partial charge >= 0.3 is 0 Å². The largest absolute Gasteiger partial charge is 0.300 e. The molecule has 0 atom stereocenters. The smallest absolute Gasteiger partial charge is 0.243 e. The van der Waals surface area contributed by atoms with E-state index in [-0.39, 0.29) is 0 Å². The molecule has 0 unspecified atom stereocenters. The zero-order chi connectivity index (χ0) is 15.6. The maximum Gasteiger partial charge on any atom is 0.243 e. The molecule has 1 aliphatic heterocycles. The standard InChI is InChI=1S/C16H26N2O2S/c1-13(2)12-17-7-9-18(10-8-17)21(19,20)16-11-14(3)5-6-15(16)4/h5-6,11,13H,7-10,12H2,1-4H3. The van der Waals surface area contributed by atoms with E-state index in [4.69, 9.17) is 0 Å². The Kier molecular flexibility index (Phi) is 5.07. The van der Waals surface area contributed by atoms with Crippen LogP contribution >= 0.6 is 0 Å². The average molecular weight is 310 g/mol. The van der Waals surface area contributed by atoms with Crippen molar-refractivity contribution in [2.45, 2.75) is 32.6 Å². The fourth-order valence-corrected chi connectivity index (χ4v) is 4.53. The first-order chi connectivity index (χ1) is 9.80. The number of benzene rings is 1. The highest BCUT2D eigenvalue weighted by Crippen LogP contribution is 2.22. The molecule has 1 aromatic carbocycles. The summed E-state index contributed by atoms with van der Waals surface area (Å²) in [5.41, 5.74) is 1.81. The Labute approximate surface area is 128 Å². The quantitative estimate of drug-likeness (QED) is 0.856. The van der Waals surface area contributed by atoms with Gasteiger partial charge in [-0.15, -0.1) is 0 Å². The van der Waals surface area contributed by atoms with Crippen molar-refractivity contribution < 1.29 is 8.42 Å². The first-order valence-corrected chi connectivity index (χ1v) is 9.04. The fraction of sp³-hybridized carbons (Fsp3) is 0.625. The van der Waals surface area contributed by atoms with E-state index >= 15 is 0 Å². The SMILES string of the molecule is Cc1ccc(C)c(S(=O)(=O)N2CCN(CC(C)C)CC2)c1. The minimum atomic E-state index is -3.36. The van der Waals surface area contributed by atoms with Crippen molar-refractivity contribution in [2.75, 3.05) is 32.7 Å². The van der Waals surface area contributed by atoms with Gasteiger partial charge in [-0.05, 0) is 37.0 Å². The van der Waals surface area contributed by atoms with Gasteiger partial charge in [-0.3, -0.25) is 0 Å². The lowest BCUT2D eigenvalue weighted by atomic mass is 10.2. The highest BCUT2D eigenvalue weighted by Gasteiger charge is 2.29. The molecule has 0 amide bonds. The molecule has 1 heterocycles. The van der Waals surface area contributed by atoms with Crippen LogP contribution in [0.2, 0.25) is 0 Å². The second-order valence-corrected chi connectivity index (χ2v) is 8.27. The van der Waals surface area contributed by atoms with Gasteiger partial charge in [0, 0.05) is 32.7 Å². The zero-order valence-corrected chi connectivity index (χ0v) is 14.3. The molecule has 0 aliphatic carbocycles. The summed E-state index contributed by atoms with van der Waals surface area (Å²) in [4.78, 5) is 2.81. The third-order valence-corrected chi connectivity index (χ3v) is 5.96. The number of hydrogen-bond donors (Lipinski definition) is 0. The summed E-state index contributed by atoms with van der Waals surface area (Å²) < 4.78 is 27.2. The Bertz CT molecular complexity index is 588. The van der Waals surface area contributed by atoms with Crippen molar-refractivity contribution in [1.82, 2.24) is 9.21 Å². The third kappa shape index (κ3) is 3.84. The van der Waals surface area contributed by atoms with Gasteiger partial charge in [0.1, 0.15) is 0 Å². The van der Waals surface area contributed by atoms with Gasteiger partial charge in [0.15, 0.2) is 0 Å². The molecule has 1 aromatic rings. The van der Waals surface area contributed by atoms with Crippen LogP contribution in [0.15, 0.2) is 23.1 Å². The van der Waals surface area contributed by atoms with Gasteiger partial charge in [0.25, 0.3) is 0 Å². The molecular weight excluding hydrogens is 284 g/mol. The van der Waals surface area contributed by atoms with Crippen molar-refractivity contribution in [3.8, 4) is 0 Å². The zero-order valence-electron chi connectivity index (χ0n) is 13.5. The topological polar surface area (TPSA) is 40.6 Å². The second kappa shape index (κ2) is 6.46. The molecule has 0 spiro atoms. The molecule has 21 heavy (non-hydrogen) atoms. The van der Waals surface area contributed by atoms with Crippen molar-refractivity contribution in [3.63, 3.8) is 0 Å². The summed E-state index contributed by atoms with van der Waals surface area (Å²) in [7, 11) is -3.36. The average Bonchev–Trinajstić information content (AvgIpc) is 2.41. The monoisotopic (exact) mass is 310 g/mol. The predicted molar refractivity (Wildman–Crippen MR) is 86.0 cm³/mol. The van der Waals surface area contributed by atoms with Crippen LogP contribution in [0, 0.1) is 19.8 Å². The van der Waals surface area contributed by atoms with Crippen molar-refractivity contribution in [1.29, 1.82) is 0 Å². The van der Waals surface area contributed by atoms with E-state index in [1.165, 1.54) is 0 Å². The molecule has 118 valence electrons. The first kappa shape index (κ1) is 16.5. The molecule has 4 nitrogen and oxygen atoms in total. The minimum absolute atomic E-state index is 0.458. The maximum atomic E-state index is 12.8. The van der Waals surface area contributed by atoms with E-state index in [0.29, 0.717) is 23.9 Å². The maximum absolute atomic E-state index is 12.8. The number of rotatable bonds is 4. The molecule has 1 saturated heterocycles. The van der Waals surface area contributed by atoms with Gasteiger partial charge in [0.2, 0.25) is 10.0 Å². The molecule has 0 saturated carbocycles. The number of sulfonamides is 1. The number of hydrogen-bond acceptors (Lipinski definition) is 3. The fourth-order valence-electron chi connectivity index (χ4n) is 2.79. The van der Waals surface area contributed by atoms with Crippen molar-refractivity contribution >= 4 is 10.0 Å². The Balaban J connectivity index is 2.13. The van der Waals surface area contributed by atoms with E-state index in [1.807, 2.05) is 26.0 Å². The van der Waals surface area contributed by atoms with E-state index in [2.05, 4.69) is 18.7 Å². The summed E-state index contributed by atoms with van der Waals surface area (Å²) in [6, 6.07) is 5.62.